The van der Waals surface area contributed by atoms with Crippen LogP contribution >= 0.6 is 0 Å². The third-order valence-corrected chi connectivity index (χ3v) is 3.78. The van der Waals surface area contributed by atoms with Gasteiger partial charge in [0, 0.05) is 18.8 Å². The molecule has 0 atom stereocenters. The van der Waals surface area contributed by atoms with E-state index in [4.69, 9.17) is 5.73 Å². The minimum atomic E-state index is -0.609. The maximum absolute atomic E-state index is 13.2. The van der Waals surface area contributed by atoms with E-state index in [1.807, 2.05) is 23.1 Å². The number of hydrogen-bond acceptors (Lipinski definition) is 4. The first-order chi connectivity index (χ1) is 10.1. The number of rotatable bonds is 2. The van der Waals surface area contributed by atoms with Crippen LogP contribution in [0.4, 0.5) is 21.5 Å². The van der Waals surface area contributed by atoms with Crippen LogP contribution in [-0.2, 0) is 13.0 Å². The number of nitro benzene ring substituents is 1. The Morgan fingerprint density at radius 3 is 2.86 bits per heavy atom. The molecule has 2 aromatic rings. The monoisotopic (exact) mass is 287 g/mol. The van der Waals surface area contributed by atoms with Gasteiger partial charge >= 0.3 is 0 Å². The average Bonchev–Trinajstić information content (AvgIpc) is 2.47. The molecule has 0 spiro atoms. The summed E-state index contributed by atoms with van der Waals surface area (Å²) in [5.41, 5.74) is 9.03. The summed E-state index contributed by atoms with van der Waals surface area (Å²) in [6.45, 7) is 1.14. The predicted molar refractivity (Wildman–Crippen MR) is 78.7 cm³/mol. The van der Waals surface area contributed by atoms with Gasteiger partial charge in [0.1, 0.15) is 11.5 Å². The van der Waals surface area contributed by atoms with Crippen LogP contribution in [0.5, 0.6) is 0 Å². The van der Waals surface area contributed by atoms with Gasteiger partial charge in [-0.2, -0.15) is 0 Å². The number of nitro groups is 1. The van der Waals surface area contributed by atoms with Gasteiger partial charge < -0.3 is 10.6 Å². The molecular weight excluding hydrogens is 273 g/mol. The van der Waals surface area contributed by atoms with Crippen molar-refractivity contribution in [1.82, 2.24) is 0 Å². The Kier molecular flexibility index (Phi) is 3.21. The summed E-state index contributed by atoms with van der Waals surface area (Å²) >= 11 is 0. The second-order valence-corrected chi connectivity index (χ2v) is 5.05. The van der Waals surface area contributed by atoms with Crippen molar-refractivity contribution in [3.8, 4) is 0 Å². The zero-order valence-corrected chi connectivity index (χ0v) is 11.3. The van der Waals surface area contributed by atoms with Crippen LogP contribution in [0.15, 0.2) is 36.4 Å². The van der Waals surface area contributed by atoms with Crippen LogP contribution < -0.4 is 10.6 Å². The van der Waals surface area contributed by atoms with E-state index in [9.17, 15) is 14.5 Å². The zero-order chi connectivity index (χ0) is 15.0. The van der Waals surface area contributed by atoms with Gasteiger partial charge in [0.25, 0.3) is 5.69 Å². The van der Waals surface area contributed by atoms with Crippen molar-refractivity contribution < 1.29 is 9.31 Å². The molecule has 1 aliphatic heterocycles. The van der Waals surface area contributed by atoms with E-state index in [1.54, 1.807) is 0 Å². The highest BCUT2D eigenvalue weighted by Gasteiger charge is 2.24. The van der Waals surface area contributed by atoms with Gasteiger partial charge in [0.15, 0.2) is 0 Å². The molecule has 0 unspecified atom stereocenters. The van der Waals surface area contributed by atoms with E-state index in [0.29, 0.717) is 24.5 Å². The van der Waals surface area contributed by atoms with Crippen LogP contribution in [0, 0.1) is 15.9 Å². The Balaban J connectivity index is 2.00. The molecule has 21 heavy (non-hydrogen) atoms. The lowest BCUT2D eigenvalue weighted by Crippen LogP contribution is -2.31. The van der Waals surface area contributed by atoms with Gasteiger partial charge in [0.2, 0.25) is 0 Å². The summed E-state index contributed by atoms with van der Waals surface area (Å²) in [5, 5.41) is 11.1. The molecule has 2 aromatic carbocycles. The normalized spacial score (nSPS) is 13.9. The summed E-state index contributed by atoms with van der Waals surface area (Å²) < 4.78 is 13.2. The molecule has 2 N–H and O–H groups in total. The number of nitrogens with zero attached hydrogens (tertiary/aromatic N) is 2. The van der Waals surface area contributed by atoms with Gasteiger partial charge in [-0.1, -0.05) is 12.1 Å². The first-order valence-corrected chi connectivity index (χ1v) is 6.61. The summed E-state index contributed by atoms with van der Waals surface area (Å²) in [5.74, 6) is -0.609. The fourth-order valence-electron chi connectivity index (χ4n) is 2.72. The fourth-order valence-corrected chi connectivity index (χ4v) is 2.72. The molecule has 0 radical (unpaired) electrons. The molecule has 0 amide bonds. The molecule has 3 rings (SSSR count). The lowest BCUT2D eigenvalue weighted by atomic mass is 9.97. The van der Waals surface area contributed by atoms with Gasteiger partial charge in [0.05, 0.1) is 11.0 Å². The number of nitrogens with two attached hydrogens (primary N) is 1. The van der Waals surface area contributed by atoms with Crippen molar-refractivity contribution in [3.05, 3.63) is 63.5 Å². The quantitative estimate of drug-likeness (QED) is 0.523. The van der Waals surface area contributed by atoms with Crippen LogP contribution in [0.1, 0.15) is 11.1 Å². The maximum atomic E-state index is 13.2. The number of halogens is 1. The lowest BCUT2D eigenvalue weighted by Gasteiger charge is -2.31. The summed E-state index contributed by atoms with van der Waals surface area (Å²) in [4.78, 5) is 12.4. The fraction of sp³-hybridized carbons (Fsp3) is 0.200. The Morgan fingerprint density at radius 1 is 1.29 bits per heavy atom. The van der Waals surface area contributed by atoms with Crippen molar-refractivity contribution >= 4 is 17.1 Å². The van der Waals surface area contributed by atoms with Crippen molar-refractivity contribution in [3.63, 3.8) is 0 Å². The zero-order valence-electron chi connectivity index (χ0n) is 11.3. The van der Waals surface area contributed by atoms with E-state index in [1.165, 1.54) is 12.1 Å². The second kappa shape index (κ2) is 5.05. The smallest absolute Gasteiger partial charge is 0.295 e. The first kappa shape index (κ1) is 13.4. The molecule has 0 bridgehead atoms. The Labute approximate surface area is 120 Å². The number of hydrogen-bond donors (Lipinski definition) is 1. The molecule has 0 aromatic heterocycles. The minimum absolute atomic E-state index is 0.215. The predicted octanol–water partition coefficient (Wildman–Crippen LogP) is 2.88. The Hall–Kier alpha value is -2.63. The molecule has 1 aliphatic rings. The summed E-state index contributed by atoms with van der Waals surface area (Å²) in [6, 6.07) is 9.40. The van der Waals surface area contributed by atoms with E-state index in [2.05, 4.69) is 0 Å². The topological polar surface area (TPSA) is 72.4 Å². The molecule has 0 saturated carbocycles. The molecule has 1 heterocycles. The van der Waals surface area contributed by atoms with Crippen LogP contribution in [-0.4, -0.2) is 11.5 Å². The average molecular weight is 287 g/mol. The summed E-state index contributed by atoms with van der Waals surface area (Å²) in [6.07, 6.45) is 0.759. The highest BCUT2D eigenvalue weighted by Crippen LogP contribution is 2.33. The first-order valence-electron chi connectivity index (χ1n) is 6.61. The largest absolute Gasteiger partial charge is 0.398 e. The highest BCUT2D eigenvalue weighted by molar-refractivity contribution is 5.65. The Bertz CT molecular complexity index is 718. The van der Waals surface area contributed by atoms with E-state index < -0.39 is 10.7 Å². The third kappa shape index (κ3) is 2.40. The molecule has 0 saturated heterocycles. The Morgan fingerprint density at radius 2 is 2.10 bits per heavy atom. The lowest BCUT2D eigenvalue weighted by molar-refractivity contribution is -0.384. The minimum Gasteiger partial charge on any atom is -0.398 e. The highest BCUT2D eigenvalue weighted by atomic mass is 19.1. The van der Waals surface area contributed by atoms with Gasteiger partial charge in [-0.15, -0.1) is 0 Å². The molecule has 108 valence electrons. The van der Waals surface area contributed by atoms with E-state index >= 15 is 0 Å². The van der Waals surface area contributed by atoms with Gasteiger partial charge in [-0.3, -0.25) is 10.1 Å². The van der Waals surface area contributed by atoms with E-state index in [-0.39, 0.29) is 5.69 Å². The van der Waals surface area contributed by atoms with Crippen LogP contribution in [0.3, 0.4) is 0 Å². The van der Waals surface area contributed by atoms with Crippen LogP contribution in [0.25, 0.3) is 0 Å². The van der Waals surface area contributed by atoms with Gasteiger partial charge in [-0.05, 0) is 35.7 Å². The maximum Gasteiger partial charge on any atom is 0.295 e. The van der Waals surface area contributed by atoms with Crippen LogP contribution in [0.2, 0.25) is 0 Å². The second-order valence-electron chi connectivity index (χ2n) is 5.05. The molecule has 6 heteroatoms. The summed E-state index contributed by atoms with van der Waals surface area (Å²) in [7, 11) is 0. The van der Waals surface area contributed by atoms with Crippen molar-refractivity contribution in [2.24, 2.45) is 0 Å². The standard InChI is InChI=1S/C15H14FN3O2/c16-11-4-5-14(15(8-11)19(20)21)18-7-6-10-2-1-3-13(17)12(10)9-18/h1-5,8H,6-7,9,17H2. The third-order valence-electron chi connectivity index (χ3n) is 3.78. The molecular formula is C15H14FN3O2. The van der Waals surface area contributed by atoms with E-state index in [0.717, 1.165) is 23.6 Å². The number of benzene rings is 2. The number of anilines is 2. The van der Waals surface area contributed by atoms with Crippen molar-refractivity contribution in [2.45, 2.75) is 13.0 Å². The van der Waals surface area contributed by atoms with Crippen molar-refractivity contribution in [2.75, 3.05) is 17.2 Å². The van der Waals surface area contributed by atoms with Gasteiger partial charge in [-0.25, -0.2) is 4.39 Å². The molecule has 5 nitrogen and oxygen atoms in total. The molecule has 0 fully saturated rings. The number of nitrogen functional groups attached to an aromatic ring is 1. The number of fused-ring (bicyclic) bond motifs is 1. The van der Waals surface area contributed by atoms with Crippen molar-refractivity contribution in [1.29, 1.82) is 0 Å². The molecule has 0 aliphatic carbocycles. The SMILES string of the molecule is Nc1cccc2c1CN(c1ccc(F)cc1[N+](=O)[O-])CC2.